The highest BCUT2D eigenvalue weighted by Gasteiger charge is 2.53. The smallest absolute Gasteiger partial charge is 0.273 e. The molecule has 12 heteroatoms. The van der Waals surface area contributed by atoms with Crippen LogP contribution < -0.4 is 0 Å². The summed E-state index contributed by atoms with van der Waals surface area (Å²) in [7, 11) is 0. The molecule has 0 bridgehead atoms. The number of hydrogen-bond donors (Lipinski definition) is 0. The molecule has 2 aromatic rings. The minimum Gasteiger partial charge on any atom is -0.292 e. The molecule has 3 amide bonds. The second-order valence-corrected chi connectivity index (χ2v) is 8.54. The number of imide groups is 1. The molecule has 0 radical (unpaired) electrons. The van der Waals surface area contributed by atoms with Crippen LogP contribution >= 0.6 is 0 Å². The Kier molecular flexibility index (Phi) is 6.43. The van der Waals surface area contributed by atoms with Crippen LogP contribution in [0.2, 0.25) is 0 Å². The molecule has 4 rings (SSSR count). The van der Waals surface area contributed by atoms with Gasteiger partial charge in [0.25, 0.3) is 29.1 Å². The molecule has 12 nitrogen and oxygen atoms in total. The molecule has 1 saturated heterocycles. The summed E-state index contributed by atoms with van der Waals surface area (Å²) in [4.78, 5) is 74.2. The monoisotopic (exact) mass is 492 g/mol. The summed E-state index contributed by atoms with van der Waals surface area (Å²) in [5.74, 6) is -4.79. The summed E-state index contributed by atoms with van der Waals surface area (Å²) >= 11 is 0. The topological polar surface area (TPSA) is 161 Å². The number of fused-ring (bicyclic) bond motifs is 1. The van der Waals surface area contributed by atoms with Crippen LogP contribution in [-0.4, -0.2) is 49.9 Å². The van der Waals surface area contributed by atoms with E-state index in [9.17, 15) is 39.4 Å². The number of nitro groups is 2. The number of nitrogens with zero attached hydrogens (tertiary/aromatic N) is 4. The molecule has 0 spiro atoms. The van der Waals surface area contributed by atoms with E-state index in [0.29, 0.717) is 10.0 Å². The SMILES string of the molecule is C[C@@H]1C=CC[C@H]2C(=O)N(N(CC(=O)c3cccc([N+](=O)[O-])c3)C(=O)c3cccc([N+](=O)[O-])c3)C(=O)[C@H]12. The van der Waals surface area contributed by atoms with E-state index in [4.69, 9.17) is 0 Å². The lowest BCUT2D eigenvalue weighted by Crippen LogP contribution is -2.52. The Labute approximate surface area is 204 Å². The number of carbonyl (C=O) groups excluding carboxylic acids is 4. The average molecular weight is 492 g/mol. The fourth-order valence-electron chi connectivity index (χ4n) is 4.52. The van der Waals surface area contributed by atoms with Gasteiger partial charge in [-0.1, -0.05) is 37.3 Å². The highest BCUT2D eigenvalue weighted by molar-refractivity contribution is 6.10. The van der Waals surface area contributed by atoms with Crippen LogP contribution in [0.4, 0.5) is 11.4 Å². The zero-order chi connectivity index (χ0) is 26.1. The Morgan fingerprint density at radius 2 is 1.56 bits per heavy atom. The van der Waals surface area contributed by atoms with Crippen molar-refractivity contribution in [1.29, 1.82) is 0 Å². The van der Waals surface area contributed by atoms with E-state index >= 15 is 0 Å². The third kappa shape index (κ3) is 4.35. The molecule has 0 saturated carbocycles. The number of amides is 3. The summed E-state index contributed by atoms with van der Waals surface area (Å²) in [6.07, 6.45) is 3.87. The first kappa shape index (κ1) is 24.4. The van der Waals surface area contributed by atoms with Crippen LogP contribution in [0.1, 0.15) is 34.1 Å². The van der Waals surface area contributed by atoms with Crippen LogP contribution in [0.25, 0.3) is 0 Å². The predicted molar refractivity (Wildman–Crippen MR) is 123 cm³/mol. The summed E-state index contributed by atoms with van der Waals surface area (Å²) in [6, 6.07) is 9.51. The Bertz CT molecular complexity index is 1340. The first-order valence-electron chi connectivity index (χ1n) is 11.0. The standard InChI is InChI=1S/C24H20N4O8/c1-14-5-2-10-19-21(14)24(32)26(23(19)31)25(22(30)16-7-4-9-18(12-16)28(35)36)13-20(29)15-6-3-8-17(11-15)27(33)34/h2-9,11-12,14,19,21H,10,13H2,1H3/t14-,19-,21-/m1/s1. The van der Waals surface area contributed by atoms with Gasteiger partial charge >= 0.3 is 0 Å². The van der Waals surface area contributed by atoms with Crippen LogP contribution in [0.15, 0.2) is 60.7 Å². The number of carbonyl (C=O) groups is 4. The van der Waals surface area contributed by atoms with Gasteiger partial charge in [-0.05, 0) is 18.4 Å². The van der Waals surface area contributed by atoms with Crippen molar-refractivity contribution in [2.45, 2.75) is 13.3 Å². The molecule has 0 unspecified atom stereocenters. The Balaban J connectivity index is 1.74. The van der Waals surface area contributed by atoms with E-state index in [1.54, 1.807) is 19.1 Å². The molecular weight excluding hydrogens is 472 g/mol. The zero-order valence-corrected chi connectivity index (χ0v) is 19.0. The van der Waals surface area contributed by atoms with E-state index in [1.807, 2.05) is 0 Å². The van der Waals surface area contributed by atoms with Gasteiger partial charge in [0.1, 0.15) is 6.54 Å². The maximum Gasteiger partial charge on any atom is 0.273 e. The predicted octanol–water partition coefficient (Wildman–Crippen LogP) is 2.94. The molecule has 1 fully saturated rings. The molecular formula is C24H20N4O8. The lowest BCUT2D eigenvalue weighted by molar-refractivity contribution is -0.385. The van der Waals surface area contributed by atoms with Gasteiger partial charge in [0.05, 0.1) is 21.7 Å². The van der Waals surface area contributed by atoms with Gasteiger partial charge in [-0.2, -0.15) is 5.01 Å². The van der Waals surface area contributed by atoms with Crippen molar-refractivity contribution in [2.75, 3.05) is 6.54 Å². The quantitative estimate of drug-likeness (QED) is 0.187. The number of non-ortho nitro benzene ring substituents is 2. The van der Waals surface area contributed by atoms with Crippen molar-refractivity contribution >= 4 is 34.9 Å². The Hall–Kier alpha value is -4.74. The second kappa shape index (κ2) is 9.49. The highest BCUT2D eigenvalue weighted by Crippen LogP contribution is 2.39. The average Bonchev–Trinajstić information content (AvgIpc) is 3.12. The molecule has 2 aromatic carbocycles. The summed E-state index contributed by atoms with van der Waals surface area (Å²) in [5, 5.41) is 23.7. The fraction of sp³-hybridized carbons (Fsp3) is 0.250. The molecule has 3 atom stereocenters. The second-order valence-electron chi connectivity index (χ2n) is 8.54. The highest BCUT2D eigenvalue weighted by atomic mass is 16.6. The number of benzene rings is 2. The lowest BCUT2D eigenvalue weighted by atomic mass is 9.78. The van der Waals surface area contributed by atoms with E-state index in [0.717, 1.165) is 12.1 Å². The maximum absolute atomic E-state index is 13.5. The van der Waals surface area contributed by atoms with Crippen LogP contribution in [0, 0.1) is 38.0 Å². The molecule has 184 valence electrons. The first-order chi connectivity index (χ1) is 17.1. The molecule has 1 aliphatic carbocycles. The summed E-state index contributed by atoms with van der Waals surface area (Å²) in [5.41, 5.74) is -1.06. The van der Waals surface area contributed by atoms with Crippen molar-refractivity contribution in [1.82, 2.24) is 10.0 Å². The first-order valence-corrected chi connectivity index (χ1v) is 11.0. The van der Waals surface area contributed by atoms with E-state index in [1.165, 1.54) is 36.4 Å². The number of ketones is 1. The van der Waals surface area contributed by atoms with E-state index in [2.05, 4.69) is 0 Å². The minimum atomic E-state index is -0.974. The van der Waals surface area contributed by atoms with Gasteiger partial charge in [-0.25, -0.2) is 5.01 Å². The number of Topliss-reactive ketones (excluding diaryl/α,β-unsaturated/α-hetero) is 1. The van der Waals surface area contributed by atoms with E-state index in [-0.39, 0.29) is 29.2 Å². The van der Waals surface area contributed by atoms with Gasteiger partial charge < -0.3 is 0 Å². The normalized spacial score (nSPS) is 20.7. The Morgan fingerprint density at radius 3 is 2.14 bits per heavy atom. The molecule has 1 aliphatic heterocycles. The third-order valence-corrected chi connectivity index (χ3v) is 6.30. The summed E-state index contributed by atoms with van der Waals surface area (Å²) in [6.45, 7) is 0.977. The number of allylic oxidation sites excluding steroid dienone is 2. The van der Waals surface area contributed by atoms with Crippen molar-refractivity contribution in [2.24, 2.45) is 17.8 Å². The van der Waals surface area contributed by atoms with Gasteiger partial charge in [0.2, 0.25) is 0 Å². The molecule has 0 N–H and O–H groups in total. The largest absolute Gasteiger partial charge is 0.292 e. The Morgan fingerprint density at radius 1 is 0.972 bits per heavy atom. The van der Waals surface area contributed by atoms with Gasteiger partial charge in [-0.15, -0.1) is 0 Å². The molecule has 0 aromatic heterocycles. The summed E-state index contributed by atoms with van der Waals surface area (Å²) < 4.78 is 0. The third-order valence-electron chi connectivity index (χ3n) is 6.30. The molecule has 36 heavy (non-hydrogen) atoms. The number of hydrazine groups is 1. The minimum absolute atomic E-state index is 0.104. The lowest BCUT2D eigenvalue weighted by Gasteiger charge is -2.30. The van der Waals surface area contributed by atoms with Crippen molar-refractivity contribution in [3.05, 3.63) is 92.0 Å². The zero-order valence-electron chi connectivity index (χ0n) is 19.0. The number of hydrogen-bond acceptors (Lipinski definition) is 8. The van der Waals surface area contributed by atoms with E-state index < -0.39 is 57.4 Å². The number of nitro benzene ring substituents is 2. The molecule has 2 aliphatic rings. The van der Waals surface area contributed by atoms with Crippen LogP contribution in [0.5, 0.6) is 0 Å². The van der Waals surface area contributed by atoms with Crippen molar-refractivity contribution in [3.63, 3.8) is 0 Å². The van der Waals surface area contributed by atoms with Crippen LogP contribution in [0.3, 0.4) is 0 Å². The van der Waals surface area contributed by atoms with Crippen molar-refractivity contribution < 1.29 is 29.0 Å². The molecule has 1 heterocycles. The van der Waals surface area contributed by atoms with Crippen LogP contribution in [-0.2, 0) is 9.59 Å². The van der Waals surface area contributed by atoms with Gasteiger partial charge in [0, 0.05) is 35.4 Å². The van der Waals surface area contributed by atoms with Crippen molar-refractivity contribution in [3.8, 4) is 0 Å². The van der Waals surface area contributed by atoms with Gasteiger partial charge in [0.15, 0.2) is 5.78 Å². The fourth-order valence-corrected chi connectivity index (χ4v) is 4.52. The maximum atomic E-state index is 13.5. The number of rotatable bonds is 7. The van der Waals surface area contributed by atoms with Gasteiger partial charge in [-0.3, -0.25) is 39.4 Å².